The summed E-state index contributed by atoms with van der Waals surface area (Å²) in [4.78, 5) is 6.57. The van der Waals surface area contributed by atoms with Gasteiger partial charge >= 0.3 is 0 Å². The maximum atomic E-state index is 5.80. The highest BCUT2D eigenvalue weighted by molar-refractivity contribution is 5.79. The molecule has 0 saturated carbocycles. The molecule has 0 aromatic heterocycles. The monoisotopic (exact) mass is 376 g/mol. The predicted octanol–water partition coefficient (Wildman–Crippen LogP) is 2.51. The maximum Gasteiger partial charge on any atom is 0.191 e. The van der Waals surface area contributed by atoms with Crippen molar-refractivity contribution < 1.29 is 9.47 Å². The Morgan fingerprint density at radius 1 is 1.26 bits per heavy atom. The van der Waals surface area contributed by atoms with Crippen molar-refractivity contribution in [3.63, 3.8) is 0 Å². The van der Waals surface area contributed by atoms with E-state index in [4.69, 9.17) is 9.47 Å². The van der Waals surface area contributed by atoms with Gasteiger partial charge in [-0.2, -0.15) is 0 Å². The first kappa shape index (κ1) is 21.5. The molecule has 1 unspecified atom stereocenters. The van der Waals surface area contributed by atoms with Gasteiger partial charge in [-0.05, 0) is 44.2 Å². The van der Waals surface area contributed by atoms with Crippen LogP contribution in [0.5, 0.6) is 0 Å². The van der Waals surface area contributed by atoms with Crippen LogP contribution in [-0.2, 0) is 9.47 Å². The number of para-hydroxylation sites is 1. The third kappa shape index (κ3) is 8.18. The Kier molecular flexibility index (Phi) is 10.0. The molecule has 0 radical (unpaired) electrons. The van der Waals surface area contributed by atoms with E-state index < -0.39 is 0 Å². The van der Waals surface area contributed by atoms with Gasteiger partial charge in [-0.3, -0.25) is 4.99 Å². The first-order chi connectivity index (χ1) is 13.2. The second-order valence-electron chi connectivity index (χ2n) is 7.16. The summed E-state index contributed by atoms with van der Waals surface area (Å²) in [6.07, 6.45) is 3.23. The fourth-order valence-corrected chi connectivity index (χ4v) is 3.06. The van der Waals surface area contributed by atoms with Crippen LogP contribution in [0.15, 0.2) is 35.3 Å². The molecule has 1 aliphatic rings. The molecule has 6 heteroatoms. The number of hydrogen-bond acceptors (Lipinski definition) is 4. The molecule has 152 valence electrons. The van der Waals surface area contributed by atoms with Crippen LogP contribution in [-0.4, -0.2) is 65.6 Å². The van der Waals surface area contributed by atoms with E-state index in [1.807, 2.05) is 13.1 Å². The van der Waals surface area contributed by atoms with Gasteiger partial charge in [0.1, 0.15) is 0 Å². The highest BCUT2D eigenvalue weighted by atomic mass is 16.5. The number of nitrogens with zero attached hydrogens (tertiary/aromatic N) is 2. The van der Waals surface area contributed by atoms with Crippen LogP contribution in [0.4, 0.5) is 5.69 Å². The third-order valence-corrected chi connectivity index (χ3v) is 5.07. The number of aliphatic imine (C=N–C) groups is 1. The molecule has 1 heterocycles. The van der Waals surface area contributed by atoms with Crippen LogP contribution in [0, 0.1) is 5.92 Å². The Morgan fingerprint density at radius 3 is 2.70 bits per heavy atom. The lowest BCUT2D eigenvalue weighted by atomic mass is 10.0. The molecule has 0 spiro atoms. The van der Waals surface area contributed by atoms with Crippen molar-refractivity contribution >= 4 is 11.6 Å². The van der Waals surface area contributed by atoms with Crippen LogP contribution in [0.25, 0.3) is 0 Å². The highest BCUT2D eigenvalue weighted by Gasteiger charge is 2.13. The van der Waals surface area contributed by atoms with Crippen molar-refractivity contribution in [2.75, 3.05) is 58.5 Å². The minimum absolute atomic E-state index is 0.355. The second kappa shape index (κ2) is 12.6. The Labute approximate surface area is 164 Å². The number of anilines is 1. The molecule has 1 aromatic carbocycles. The number of rotatable bonds is 10. The first-order valence-corrected chi connectivity index (χ1v) is 10.1. The summed E-state index contributed by atoms with van der Waals surface area (Å²) < 4.78 is 11.2. The first-order valence-electron chi connectivity index (χ1n) is 10.1. The topological polar surface area (TPSA) is 58.1 Å². The zero-order chi connectivity index (χ0) is 19.3. The Morgan fingerprint density at radius 2 is 2.00 bits per heavy atom. The standard InChI is InChI=1S/C21H36N4O2/c1-18(25(3)20-8-5-4-6-9-20)16-24-21(22-2)23-12-7-13-27-17-19-10-14-26-15-11-19/h4-6,8-9,18-19H,7,10-17H2,1-3H3,(H2,22,23,24). The summed E-state index contributed by atoms with van der Waals surface area (Å²) in [5, 5.41) is 6.77. The van der Waals surface area contributed by atoms with Gasteiger partial charge in [0, 0.05) is 65.3 Å². The zero-order valence-corrected chi connectivity index (χ0v) is 17.1. The summed E-state index contributed by atoms with van der Waals surface area (Å²) in [5.41, 5.74) is 1.22. The fourth-order valence-electron chi connectivity index (χ4n) is 3.06. The summed E-state index contributed by atoms with van der Waals surface area (Å²) in [7, 11) is 3.93. The van der Waals surface area contributed by atoms with Crippen molar-refractivity contribution in [3.05, 3.63) is 30.3 Å². The normalized spacial score (nSPS) is 16.8. The van der Waals surface area contributed by atoms with E-state index in [1.165, 1.54) is 5.69 Å². The van der Waals surface area contributed by atoms with E-state index in [2.05, 4.69) is 58.8 Å². The minimum Gasteiger partial charge on any atom is -0.381 e. The highest BCUT2D eigenvalue weighted by Crippen LogP contribution is 2.15. The molecule has 1 aromatic rings. The van der Waals surface area contributed by atoms with E-state index >= 15 is 0 Å². The molecule has 0 aliphatic carbocycles. The third-order valence-electron chi connectivity index (χ3n) is 5.07. The number of guanidine groups is 1. The van der Waals surface area contributed by atoms with Crippen molar-refractivity contribution in [2.45, 2.75) is 32.2 Å². The molecule has 6 nitrogen and oxygen atoms in total. The average molecular weight is 377 g/mol. The smallest absolute Gasteiger partial charge is 0.191 e. The Bertz CT molecular complexity index is 532. The Hall–Kier alpha value is -1.79. The van der Waals surface area contributed by atoms with Crippen LogP contribution < -0.4 is 15.5 Å². The Balaban J connectivity index is 1.55. The lowest BCUT2D eigenvalue weighted by molar-refractivity contribution is 0.0203. The lowest BCUT2D eigenvalue weighted by Gasteiger charge is -2.27. The number of hydrogen-bond donors (Lipinski definition) is 2. The van der Waals surface area contributed by atoms with Gasteiger partial charge < -0.3 is 25.0 Å². The van der Waals surface area contributed by atoms with Crippen molar-refractivity contribution in [3.8, 4) is 0 Å². The molecule has 2 rings (SSSR count). The van der Waals surface area contributed by atoms with Crippen molar-refractivity contribution in [1.82, 2.24) is 10.6 Å². The predicted molar refractivity (Wildman–Crippen MR) is 113 cm³/mol. The van der Waals surface area contributed by atoms with Gasteiger partial charge in [-0.1, -0.05) is 18.2 Å². The van der Waals surface area contributed by atoms with Crippen LogP contribution in [0.2, 0.25) is 0 Å². The number of likely N-dealkylation sites (N-methyl/N-ethyl adjacent to an activating group) is 1. The van der Waals surface area contributed by atoms with E-state index in [1.54, 1.807) is 0 Å². The summed E-state index contributed by atoms with van der Waals surface area (Å²) in [6.45, 7) is 7.30. The van der Waals surface area contributed by atoms with Gasteiger partial charge in [0.2, 0.25) is 0 Å². The summed E-state index contributed by atoms with van der Waals surface area (Å²) in [5.74, 6) is 1.51. The SMILES string of the molecule is CN=C(NCCCOCC1CCOCC1)NCC(C)N(C)c1ccccc1. The molecular formula is C21H36N4O2. The minimum atomic E-state index is 0.355. The van der Waals surface area contributed by atoms with E-state index in [0.717, 1.165) is 64.7 Å². The molecule has 1 atom stereocenters. The number of benzene rings is 1. The van der Waals surface area contributed by atoms with Gasteiger partial charge in [0.15, 0.2) is 5.96 Å². The molecule has 0 amide bonds. The van der Waals surface area contributed by atoms with Gasteiger partial charge in [0.25, 0.3) is 0 Å². The quantitative estimate of drug-likeness (QED) is 0.373. The van der Waals surface area contributed by atoms with Gasteiger partial charge in [0.05, 0.1) is 0 Å². The zero-order valence-electron chi connectivity index (χ0n) is 17.1. The van der Waals surface area contributed by atoms with E-state index in [9.17, 15) is 0 Å². The van der Waals surface area contributed by atoms with Crippen LogP contribution in [0.1, 0.15) is 26.2 Å². The lowest BCUT2D eigenvalue weighted by Crippen LogP contribution is -2.45. The fraction of sp³-hybridized carbons (Fsp3) is 0.667. The van der Waals surface area contributed by atoms with E-state index in [-0.39, 0.29) is 0 Å². The molecule has 1 saturated heterocycles. The van der Waals surface area contributed by atoms with Crippen LogP contribution in [0.3, 0.4) is 0 Å². The number of nitrogens with one attached hydrogen (secondary N) is 2. The molecular weight excluding hydrogens is 340 g/mol. The van der Waals surface area contributed by atoms with Gasteiger partial charge in [-0.25, -0.2) is 0 Å². The molecule has 2 N–H and O–H groups in total. The molecule has 1 aliphatic heterocycles. The number of ether oxygens (including phenoxy) is 2. The second-order valence-corrected chi connectivity index (χ2v) is 7.16. The van der Waals surface area contributed by atoms with Crippen molar-refractivity contribution in [2.24, 2.45) is 10.9 Å². The largest absolute Gasteiger partial charge is 0.381 e. The van der Waals surface area contributed by atoms with Crippen LogP contribution >= 0.6 is 0 Å². The summed E-state index contributed by atoms with van der Waals surface area (Å²) >= 11 is 0. The maximum absolute atomic E-state index is 5.80. The molecule has 1 fully saturated rings. The van der Waals surface area contributed by atoms with Gasteiger partial charge in [-0.15, -0.1) is 0 Å². The average Bonchev–Trinajstić information content (AvgIpc) is 2.73. The molecule has 27 heavy (non-hydrogen) atoms. The summed E-state index contributed by atoms with van der Waals surface area (Å²) in [6, 6.07) is 10.8. The van der Waals surface area contributed by atoms with Crippen molar-refractivity contribution in [1.29, 1.82) is 0 Å². The molecule has 0 bridgehead atoms. The van der Waals surface area contributed by atoms with E-state index in [0.29, 0.717) is 12.0 Å².